The van der Waals surface area contributed by atoms with Crippen molar-refractivity contribution in [2.24, 2.45) is 0 Å². The highest BCUT2D eigenvalue weighted by molar-refractivity contribution is 5.04. The molecule has 1 heterocycles. The van der Waals surface area contributed by atoms with Crippen molar-refractivity contribution in [3.8, 4) is 0 Å². The number of allylic oxidation sites excluding steroid dienone is 1. The Hall–Kier alpha value is -0.710. The van der Waals surface area contributed by atoms with Crippen molar-refractivity contribution < 1.29 is 22.6 Å². The van der Waals surface area contributed by atoms with Crippen molar-refractivity contribution in [2.45, 2.75) is 32.0 Å². The average molecular weight is 210 g/mol. The molecule has 0 aromatic rings. The first kappa shape index (κ1) is 11.4. The van der Waals surface area contributed by atoms with E-state index in [1.165, 1.54) is 6.92 Å². The van der Waals surface area contributed by atoms with Crippen molar-refractivity contribution in [2.75, 3.05) is 13.2 Å². The van der Waals surface area contributed by atoms with Gasteiger partial charge in [-0.1, -0.05) is 6.92 Å². The van der Waals surface area contributed by atoms with Crippen LogP contribution < -0.4 is 0 Å². The molecule has 0 bridgehead atoms. The molecule has 82 valence electrons. The van der Waals surface area contributed by atoms with E-state index in [-0.39, 0.29) is 19.1 Å². The minimum absolute atomic E-state index is 0.0300. The highest BCUT2D eigenvalue weighted by Gasteiger charge is 2.32. The van der Waals surface area contributed by atoms with Crippen LogP contribution in [0.25, 0.3) is 0 Å². The van der Waals surface area contributed by atoms with Crippen LogP contribution in [0.3, 0.4) is 0 Å². The van der Waals surface area contributed by atoms with Gasteiger partial charge < -0.3 is 9.47 Å². The Morgan fingerprint density at radius 2 is 2.21 bits per heavy atom. The molecule has 1 aliphatic rings. The summed E-state index contributed by atoms with van der Waals surface area (Å²) in [4.78, 5) is 0. The first-order valence-electron chi connectivity index (χ1n) is 4.53. The molecule has 0 N–H and O–H groups in total. The second kappa shape index (κ2) is 4.68. The second-order valence-corrected chi connectivity index (χ2v) is 3.11. The summed E-state index contributed by atoms with van der Waals surface area (Å²) < 4.78 is 46.3. The summed E-state index contributed by atoms with van der Waals surface area (Å²) in [5.41, 5.74) is -0.642. The standard InChI is InChI=1S/C9H13F3O2/c1-2-7(9(10,11)12)5-13-6-8-3-4-14-8/h5,8H,2-4,6H2,1H3. The maximum Gasteiger partial charge on any atom is 0.415 e. The lowest BCUT2D eigenvalue weighted by molar-refractivity contribution is -0.101. The summed E-state index contributed by atoms with van der Waals surface area (Å²) in [5.74, 6) is 0. The predicted octanol–water partition coefficient (Wildman–Crippen LogP) is 2.65. The van der Waals surface area contributed by atoms with E-state index >= 15 is 0 Å². The minimum Gasteiger partial charge on any atom is -0.498 e. The largest absolute Gasteiger partial charge is 0.498 e. The lowest BCUT2D eigenvalue weighted by Crippen LogP contribution is -2.30. The van der Waals surface area contributed by atoms with Gasteiger partial charge in [0.2, 0.25) is 0 Å². The van der Waals surface area contributed by atoms with Crippen molar-refractivity contribution in [1.29, 1.82) is 0 Å². The molecule has 0 spiro atoms. The first-order chi connectivity index (χ1) is 6.54. The van der Waals surface area contributed by atoms with Crippen molar-refractivity contribution in [3.05, 3.63) is 11.8 Å². The number of hydrogen-bond acceptors (Lipinski definition) is 2. The van der Waals surface area contributed by atoms with Crippen molar-refractivity contribution in [3.63, 3.8) is 0 Å². The number of hydrogen-bond donors (Lipinski definition) is 0. The Kier molecular flexibility index (Phi) is 3.80. The molecule has 0 saturated carbocycles. The van der Waals surface area contributed by atoms with Gasteiger partial charge in [0.1, 0.15) is 6.61 Å². The van der Waals surface area contributed by atoms with Gasteiger partial charge in [0.15, 0.2) is 0 Å². The maximum atomic E-state index is 12.2. The quantitative estimate of drug-likeness (QED) is 0.664. The summed E-state index contributed by atoms with van der Waals surface area (Å²) in [6.07, 6.45) is -2.73. The van der Waals surface area contributed by atoms with E-state index in [0.717, 1.165) is 12.7 Å². The molecule has 0 aromatic heterocycles. The van der Waals surface area contributed by atoms with Crippen LogP contribution in [0.2, 0.25) is 0 Å². The molecular formula is C9H13F3O2. The van der Waals surface area contributed by atoms with Gasteiger partial charge in [0.05, 0.1) is 17.9 Å². The minimum atomic E-state index is -4.28. The summed E-state index contributed by atoms with van der Waals surface area (Å²) in [7, 11) is 0. The summed E-state index contributed by atoms with van der Waals surface area (Å²) in [6.45, 7) is 2.33. The van der Waals surface area contributed by atoms with Crippen LogP contribution in [0.5, 0.6) is 0 Å². The second-order valence-electron chi connectivity index (χ2n) is 3.11. The number of rotatable bonds is 4. The molecule has 1 atom stereocenters. The molecule has 0 amide bonds. The van der Waals surface area contributed by atoms with Gasteiger partial charge in [-0.3, -0.25) is 0 Å². The topological polar surface area (TPSA) is 18.5 Å². The first-order valence-corrected chi connectivity index (χ1v) is 4.53. The molecule has 1 saturated heterocycles. The fourth-order valence-corrected chi connectivity index (χ4v) is 1.02. The van der Waals surface area contributed by atoms with Gasteiger partial charge in [0.25, 0.3) is 0 Å². The van der Waals surface area contributed by atoms with Crippen LogP contribution in [-0.2, 0) is 9.47 Å². The van der Waals surface area contributed by atoms with Gasteiger partial charge in [-0.2, -0.15) is 13.2 Å². The van der Waals surface area contributed by atoms with Crippen LogP contribution in [0.1, 0.15) is 19.8 Å². The van der Waals surface area contributed by atoms with Gasteiger partial charge in [0, 0.05) is 13.0 Å². The van der Waals surface area contributed by atoms with E-state index in [4.69, 9.17) is 9.47 Å². The zero-order valence-electron chi connectivity index (χ0n) is 7.93. The molecule has 0 radical (unpaired) electrons. The molecule has 1 rings (SSSR count). The van der Waals surface area contributed by atoms with Crippen LogP contribution in [-0.4, -0.2) is 25.5 Å². The van der Waals surface area contributed by atoms with E-state index in [2.05, 4.69) is 0 Å². The molecule has 1 fully saturated rings. The zero-order chi connectivity index (χ0) is 10.6. The SMILES string of the molecule is CCC(=COCC1CCO1)C(F)(F)F. The lowest BCUT2D eigenvalue weighted by atomic mass is 10.2. The van der Waals surface area contributed by atoms with Crippen LogP contribution >= 0.6 is 0 Å². The highest BCUT2D eigenvalue weighted by Crippen LogP contribution is 2.27. The van der Waals surface area contributed by atoms with Crippen LogP contribution in [0, 0.1) is 0 Å². The maximum absolute atomic E-state index is 12.2. The smallest absolute Gasteiger partial charge is 0.415 e. The van der Waals surface area contributed by atoms with E-state index in [9.17, 15) is 13.2 Å². The predicted molar refractivity (Wildman–Crippen MR) is 44.7 cm³/mol. The van der Waals surface area contributed by atoms with Gasteiger partial charge in [-0.15, -0.1) is 0 Å². The summed E-state index contributed by atoms with van der Waals surface area (Å²) in [6, 6.07) is 0. The van der Waals surface area contributed by atoms with Crippen LogP contribution in [0.4, 0.5) is 13.2 Å². The summed E-state index contributed by atoms with van der Waals surface area (Å²) >= 11 is 0. The fraction of sp³-hybridized carbons (Fsp3) is 0.778. The molecule has 0 aromatic carbocycles. The fourth-order valence-electron chi connectivity index (χ4n) is 1.02. The van der Waals surface area contributed by atoms with E-state index in [1.54, 1.807) is 0 Å². The number of alkyl halides is 3. The van der Waals surface area contributed by atoms with E-state index < -0.39 is 11.7 Å². The van der Waals surface area contributed by atoms with Gasteiger partial charge >= 0.3 is 6.18 Å². The molecule has 0 aliphatic carbocycles. The normalized spacial score (nSPS) is 23.1. The third-order valence-electron chi connectivity index (χ3n) is 2.05. The third kappa shape index (κ3) is 3.21. The van der Waals surface area contributed by atoms with E-state index in [1.807, 2.05) is 0 Å². The van der Waals surface area contributed by atoms with E-state index in [0.29, 0.717) is 6.61 Å². The molecule has 14 heavy (non-hydrogen) atoms. The highest BCUT2D eigenvalue weighted by atomic mass is 19.4. The van der Waals surface area contributed by atoms with Gasteiger partial charge in [-0.05, 0) is 6.42 Å². The van der Waals surface area contributed by atoms with Gasteiger partial charge in [-0.25, -0.2) is 0 Å². The van der Waals surface area contributed by atoms with Crippen molar-refractivity contribution >= 4 is 0 Å². The Bertz CT molecular complexity index is 207. The van der Waals surface area contributed by atoms with Crippen LogP contribution in [0.15, 0.2) is 11.8 Å². The molecular weight excluding hydrogens is 197 g/mol. The zero-order valence-corrected chi connectivity index (χ0v) is 7.93. The molecule has 1 aliphatic heterocycles. The number of ether oxygens (including phenoxy) is 2. The lowest BCUT2D eigenvalue weighted by Gasteiger charge is -2.25. The number of halogens is 3. The molecule has 1 unspecified atom stereocenters. The Morgan fingerprint density at radius 3 is 2.57 bits per heavy atom. The Balaban J connectivity index is 2.31. The third-order valence-corrected chi connectivity index (χ3v) is 2.05. The Morgan fingerprint density at radius 1 is 1.57 bits per heavy atom. The average Bonchev–Trinajstić information content (AvgIpc) is 1.98. The monoisotopic (exact) mass is 210 g/mol. The molecule has 2 nitrogen and oxygen atoms in total. The molecule has 5 heteroatoms. The summed E-state index contributed by atoms with van der Waals surface area (Å²) in [5, 5.41) is 0. The Labute approximate surface area is 80.7 Å². The van der Waals surface area contributed by atoms with Crippen molar-refractivity contribution in [1.82, 2.24) is 0 Å².